The van der Waals surface area contributed by atoms with Crippen LogP contribution in [-0.2, 0) is 0 Å². The van der Waals surface area contributed by atoms with Crippen molar-refractivity contribution < 1.29 is 0 Å². The molecule has 2 aliphatic rings. The molecule has 1 saturated carbocycles. The molecule has 14 heavy (non-hydrogen) atoms. The second-order valence-electron chi connectivity index (χ2n) is 3.70. The van der Waals surface area contributed by atoms with Crippen LogP contribution in [0.3, 0.4) is 0 Å². The van der Waals surface area contributed by atoms with Gasteiger partial charge in [-0.15, -0.1) is 23.2 Å². The summed E-state index contributed by atoms with van der Waals surface area (Å²) in [6.07, 6.45) is 2.30. The predicted molar refractivity (Wildman–Crippen MR) is 67.4 cm³/mol. The molecule has 0 amide bonds. The summed E-state index contributed by atoms with van der Waals surface area (Å²) in [7, 11) is 0. The highest BCUT2D eigenvalue weighted by Gasteiger charge is 2.74. The second kappa shape index (κ2) is 3.34. The maximum absolute atomic E-state index is 6.42. The minimum absolute atomic E-state index is 0.0502. The second-order valence-corrected chi connectivity index (χ2v) is 7.35. The van der Waals surface area contributed by atoms with E-state index in [4.69, 9.17) is 58.0 Å². The van der Waals surface area contributed by atoms with Crippen LogP contribution >= 0.6 is 73.9 Å². The van der Waals surface area contributed by atoms with Crippen molar-refractivity contribution in [3.8, 4) is 0 Å². The first-order chi connectivity index (χ1) is 6.29. The van der Waals surface area contributed by atoms with Crippen molar-refractivity contribution >= 4 is 73.9 Å². The molecule has 0 spiro atoms. The highest BCUT2D eigenvalue weighted by Crippen LogP contribution is 2.70. The lowest BCUT2D eigenvalue weighted by molar-refractivity contribution is 0.524. The first kappa shape index (κ1) is 12.1. The lowest BCUT2D eigenvalue weighted by Gasteiger charge is -2.33. The van der Waals surface area contributed by atoms with Gasteiger partial charge in [-0.25, -0.2) is 0 Å². The van der Waals surface area contributed by atoms with Gasteiger partial charge in [0.25, 0.3) is 0 Å². The number of hydrogen-bond acceptors (Lipinski definition) is 0. The molecule has 1 fully saturated rings. The van der Waals surface area contributed by atoms with Gasteiger partial charge in [0, 0.05) is 10.4 Å². The van der Waals surface area contributed by atoms with Crippen molar-refractivity contribution in [1.82, 2.24) is 0 Å². The molecule has 2 aliphatic carbocycles. The number of allylic oxidation sites excluding steroid dienone is 2. The fraction of sp³-hybridized carbons (Fsp3) is 0.750. The van der Waals surface area contributed by atoms with Crippen LogP contribution in [0, 0.1) is 5.92 Å². The number of alkyl halides is 5. The number of fused-ring (bicyclic) bond motifs is 2. The van der Waals surface area contributed by atoms with Crippen molar-refractivity contribution in [2.24, 2.45) is 5.92 Å². The Bertz CT molecular complexity index is 315. The Hall–Kier alpha value is 1.67. The van der Waals surface area contributed by atoms with E-state index in [1.165, 1.54) is 0 Å². The van der Waals surface area contributed by atoms with E-state index in [1.54, 1.807) is 6.08 Å². The molecule has 0 unspecified atom stereocenters. The van der Waals surface area contributed by atoms with Crippen molar-refractivity contribution in [3.63, 3.8) is 0 Å². The molecule has 2 bridgehead atoms. The molecule has 2 rings (SSSR count). The monoisotopic (exact) mass is 356 g/mol. The Balaban J connectivity index is 2.57. The number of rotatable bonds is 1. The van der Waals surface area contributed by atoms with Gasteiger partial charge < -0.3 is 0 Å². The van der Waals surface area contributed by atoms with Gasteiger partial charge in [0.2, 0.25) is 0 Å². The zero-order valence-corrected chi connectivity index (χ0v) is 12.2. The van der Waals surface area contributed by atoms with Crippen LogP contribution in [0.15, 0.2) is 11.1 Å². The van der Waals surface area contributed by atoms with Crippen LogP contribution in [0.25, 0.3) is 0 Å². The number of halogens is 6. The first-order valence-electron chi connectivity index (χ1n) is 4.00. The summed E-state index contributed by atoms with van der Waals surface area (Å²) < 4.78 is -1.24. The molecule has 0 aromatic carbocycles. The van der Waals surface area contributed by atoms with Gasteiger partial charge in [0.05, 0.1) is 4.87 Å². The van der Waals surface area contributed by atoms with Crippen LogP contribution in [0.2, 0.25) is 0 Å². The quantitative estimate of drug-likeness (QED) is 0.597. The SMILES string of the molecule is ClC1=C[C@@]2(Cl)C[C@@H](CBr)[C@]1(Cl)C2(Cl)Cl. The summed E-state index contributed by atoms with van der Waals surface area (Å²) >= 11 is 34.6. The van der Waals surface area contributed by atoms with Gasteiger partial charge in [-0.2, -0.15) is 0 Å². The lowest BCUT2D eigenvalue weighted by Crippen LogP contribution is -2.44. The van der Waals surface area contributed by atoms with Crippen molar-refractivity contribution in [1.29, 1.82) is 0 Å². The molecule has 80 valence electrons. The molecule has 3 atom stereocenters. The van der Waals surface area contributed by atoms with E-state index in [2.05, 4.69) is 15.9 Å². The van der Waals surface area contributed by atoms with Crippen molar-refractivity contribution in [2.75, 3.05) is 5.33 Å². The summed E-state index contributed by atoms with van der Waals surface area (Å²) in [5.41, 5.74) is 0. The molecular formula is C8H6BrCl5. The zero-order valence-electron chi connectivity index (χ0n) is 6.84. The standard InChI is InChI=1S/C8H6BrCl5/c9-3-4-1-6(11)2-5(10)7(4,12)8(6,13)14/h2,4H,1,3H2/t4-,6-,7+/m0/s1. The maximum Gasteiger partial charge on any atom is 0.165 e. The van der Waals surface area contributed by atoms with E-state index in [0.29, 0.717) is 16.8 Å². The van der Waals surface area contributed by atoms with Crippen LogP contribution < -0.4 is 0 Å². The van der Waals surface area contributed by atoms with E-state index in [-0.39, 0.29) is 5.92 Å². The highest BCUT2D eigenvalue weighted by atomic mass is 79.9. The van der Waals surface area contributed by atoms with E-state index < -0.39 is 14.1 Å². The van der Waals surface area contributed by atoms with Crippen molar-refractivity contribution in [3.05, 3.63) is 11.1 Å². The Kier molecular flexibility index (Phi) is 2.89. The summed E-state index contributed by atoms with van der Waals surface area (Å²) in [5, 5.41) is 1.13. The van der Waals surface area contributed by atoms with Gasteiger partial charge in [-0.05, 0) is 18.4 Å². The molecular weight excluding hydrogens is 353 g/mol. The predicted octanol–water partition coefficient (Wildman–Crippen LogP) is 4.67. The summed E-state index contributed by atoms with van der Waals surface area (Å²) in [6.45, 7) is 0. The van der Waals surface area contributed by atoms with E-state index in [1.807, 2.05) is 0 Å². The largest absolute Gasteiger partial charge is 0.165 e. The van der Waals surface area contributed by atoms with Gasteiger partial charge in [-0.3, -0.25) is 0 Å². The van der Waals surface area contributed by atoms with Crippen LogP contribution in [0.1, 0.15) is 6.42 Å². The Morgan fingerprint density at radius 1 is 1.36 bits per heavy atom. The van der Waals surface area contributed by atoms with Gasteiger partial charge >= 0.3 is 0 Å². The summed E-state index contributed by atoms with van der Waals surface area (Å²) in [5.74, 6) is 0.0502. The molecule has 0 heterocycles. The summed E-state index contributed by atoms with van der Waals surface area (Å²) in [4.78, 5) is -1.80. The average Bonchev–Trinajstić information content (AvgIpc) is 2.31. The number of hydrogen-bond donors (Lipinski definition) is 0. The fourth-order valence-electron chi connectivity index (χ4n) is 2.15. The van der Waals surface area contributed by atoms with Crippen LogP contribution in [-0.4, -0.2) is 19.4 Å². The third kappa shape index (κ3) is 1.15. The molecule has 0 aromatic heterocycles. The Morgan fingerprint density at radius 2 is 1.93 bits per heavy atom. The Labute approximate surface area is 116 Å². The smallest absolute Gasteiger partial charge is 0.111 e. The fourth-order valence-corrected chi connectivity index (χ4v) is 5.33. The normalized spacial score (nSPS) is 49.6. The van der Waals surface area contributed by atoms with Crippen LogP contribution in [0.4, 0.5) is 0 Å². The van der Waals surface area contributed by atoms with Gasteiger partial charge in [0.15, 0.2) is 4.33 Å². The van der Waals surface area contributed by atoms with Gasteiger partial charge in [0.1, 0.15) is 4.87 Å². The molecule has 0 N–H and O–H groups in total. The third-order valence-electron chi connectivity index (χ3n) is 2.97. The first-order valence-corrected chi connectivity index (χ1v) is 7.01. The lowest BCUT2D eigenvalue weighted by atomic mass is 9.94. The molecule has 6 heteroatoms. The molecule has 0 nitrogen and oxygen atoms in total. The topological polar surface area (TPSA) is 0 Å². The molecule has 0 saturated heterocycles. The maximum atomic E-state index is 6.42. The van der Waals surface area contributed by atoms with E-state index in [9.17, 15) is 0 Å². The average molecular weight is 359 g/mol. The highest BCUT2D eigenvalue weighted by molar-refractivity contribution is 9.09. The minimum atomic E-state index is -1.24. The zero-order chi connectivity index (χ0) is 10.8. The van der Waals surface area contributed by atoms with E-state index in [0.717, 1.165) is 0 Å². The summed E-state index contributed by atoms with van der Waals surface area (Å²) in [6, 6.07) is 0. The van der Waals surface area contributed by atoms with Gasteiger partial charge in [-0.1, -0.05) is 50.7 Å². The third-order valence-corrected chi connectivity index (χ3v) is 7.26. The Morgan fingerprint density at radius 3 is 2.21 bits per heavy atom. The molecule has 0 aliphatic heterocycles. The molecule has 0 aromatic rings. The van der Waals surface area contributed by atoms with Crippen LogP contribution in [0.5, 0.6) is 0 Å². The minimum Gasteiger partial charge on any atom is -0.111 e. The van der Waals surface area contributed by atoms with Crippen molar-refractivity contribution in [2.45, 2.75) is 20.5 Å². The molecule has 0 radical (unpaired) electrons. The van der Waals surface area contributed by atoms with E-state index >= 15 is 0 Å².